The van der Waals surface area contributed by atoms with Crippen molar-refractivity contribution >= 4 is 18.2 Å². The Kier molecular flexibility index (Phi) is 13.4. The van der Waals surface area contributed by atoms with Crippen LogP contribution in [0.25, 0.3) is 5.57 Å². The Morgan fingerprint density at radius 1 is 1.11 bits per heavy atom. The van der Waals surface area contributed by atoms with Crippen molar-refractivity contribution in [1.29, 1.82) is 0 Å². The monoisotopic (exact) mass is 260 g/mol. The third-order valence-corrected chi connectivity index (χ3v) is 2.04. The lowest BCUT2D eigenvalue weighted by molar-refractivity contribution is 0.426. The molecule has 0 aliphatic heterocycles. The molecule has 0 atom stereocenters. The minimum atomic E-state index is -1.44. The van der Waals surface area contributed by atoms with Crippen LogP contribution in [0.15, 0.2) is 55.7 Å². The molecule has 0 saturated heterocycles. The Labute approximate surface area is 118 Å². The van der Waals surface area contributed by atoms with Gasteiger partial charge in [0.2, 0.25) is 0 Å². The van der Waals surface area contributed by atoms with E-state index >= 15 is 0 Å². The molecule has 1 rings (SSSR count). The molecule has 0 unspecified atom stereocenters. The van der Waals surface area contributed by atoms with Crippen LogP contribution in [0, 0.1) is 0 Å². The summed E-state index contributed by atoms with van der Waals surface area (Å²) in [5.41, 5.74) is 2.24. The molecule has 0 aromatic heterocycles. The average molecular weight is 260 g/mol. The minimum absolute atomic E-state index is 0.462. The van der Waals surface area contributed by atoms with Crippen molar-refractivity contribution in [2.24, 2.45) is 0 Å². The molecule has 0 bridgehead atoms. The first kappa shape index (κ1) is 19.8. The van der Waals surface area contributed by atoms with Gasteiger partial charge in [-0.25, -0.2) is 0 Å². The van der Waals surface area contributed by atoms with E-state index in [0.29, 0.717) is 5.46 Å². The summed E-state index contributed by atoms with van der Waals surface area (Å²) in [6, 6.07) is 7.01. The second-order valence-electron chi connectivity index (χ2n) is 3.06. The lowest BCUT2D eigenvalue weighted by atomic mass is 9.79. The van der Waals surface area contributed by atoms with Crippen LogP contribution in [0.3, 0.4) is 0 Å². The number of rotatable bonds is 4. The summed E-state index contributed by atoms with van der Waals surface area (Å²) in [7, 11) is -1.44. The topological polar surface area (TPSA) is 40.5 Å². The van der Waals surface area contributed by atoms with Crippen molar-refractivity contribution in [1.82, 2.24) is 0 Å². The van der Waals surface area contributed by atoms with Gasteiger partial charge >= 0.3 is 7.12 Å². The number of hydrogen-bond donors (Lipinski definition) is 2. The molecule has 104 valence electrons. The van der Waals surface area contributed by atoms with Crippen LogP contribution in [-0.4, -0.2) is 17.2 Å². The van der Waals surface area contributed by atoms with Gasteiger partial charge < -0.3 is 10.0 Å². The maximum Gasteiger partial charge on any atom is 0.488 e. The number of hydrogen-bond acceptors (Lipinski definition) is 2. The van der Waals surface area contributed by atoms with Gasteiger partial charge in [0, 0.05) is 0 Å². The lowest BCUT2D eigenvalue weighted by Gasteiger charge is -2.04. The van der Waals surface area contributed by atoms with E-state index in [9.17, 15) is 0 Å². The van der Waals surface area contributed by atoms with Crippen LogP contribution >= 0.6 is 0 Å². The van der Waals surface area contributed by atoms with Gasteiger partial charge in [0.15, 0.2) is 0 Å². The van der Waals surface area contributed by atoms with Crippen LogP contribution in [0.2, 0.25) is 0 Å². The lowest BCUT2D eigenvalue weighted by Crippen LogP contribution is -2.29. The maximum absolute atomic E-state index is 9.02. The highest BCUT2D eigenvalue weighted by Crippen LogP contribution is 2.13. The Bertz CT molecular complexity index is 395. The highest BCUT2D eigenvalue weighted by atomic mass is 16.4. The van der Waals surface area contributed by atoms with E-state index < -0.39 is 7.12 Å². The van der Waals surface area contributed by atoms with Gasteiger partial charge in [-0.05, 0) is 16.6 Å². The quantitative estimate of drug-likeness (QED) is 0.644. The average Bonchev–Trinajstić information content (AvgIpc) is 2.49. The molecule has 19 heavy (non-hydrogen) atoms. The van der Waals surface area contributed by atoms with Crippen molar-refractivity contribution in [2.45, 2.75) is 27.7 Å². The molecule has 0 saturated carbocycles. The predicted octanol–water partition coefficient (Wildman–Crippen LogP) is 3.17. The standard InChI is InChI=1S/C12H13BO2.2C2H6/c1-3-6-10(4-2)11-7-5-8-12(9-11)13(14)15;2*1-2/h3-9,14-15H,1-2H2;2*1-2H3/b10-6+;;. The maximum atomic E-state index is 9.02. The molecule has 1 aromatic carbocycles. The zero-order chi connectivity index (χ0) is 15.3. The number of allylic oxidation sites excluding steroid dienone is 4. The molecule has 2 nitrogen and oxygen atoms in total. The van der Waals surface area contributed by atoms with Gasteiger partial charge in [0.25, 0.3) is 0 Å². The van der Waals surface area contributed by atoms with Crippen LogP contribution in [0.5, 0.6) is 0 Å². The fraction of sp³-hybridized carbons (Fsp3) is 0.250. The SMILES string of the molecule is C=C/C=C(\C=C)c1cccc(B(O)O)c1.CC.CC. The van der Waals surface area contributed by atoms with Crippen molar-refractivity contribution in [3.63, 3.8) is 0 Å². The molecule has 0 heterocycles. The second kappa shape index (κ2) is 12.9. The van der Waals surface area contributed by atoms with Crippen LogP contribution in [0.1, 0.15) is 33.3 Å². The Morgan fingerprint density at radius 2 is 1.68 bits per heavy atom. The molecule has 0 fully saturated rings. The first-order valence-corrected chi connectivity index (χ1v) is 6.60. The van der Waals surface area contributed by atoms with Crippen molar-refractivity contribution in [2.75, 3.05) is 0 Å². The summed E-state index contributed by atoms with van der Waals surface area (Å²) < 4.78 is 0. The van der Waals surface area contributed by atoms with Gasteiger partial charge in [-0.3, -0.25) is 0 Å². The predicted molar refractivity (Wildman–Crippen MR) is 87.3 cm³/mol. The van der Waals surface area contributed by atoms with Gasteiger partial charge in [-0.2, -0.15) is 0 Å². The highest BCUT2D eigenvalue weighted by molar-refractivity contribution is 6.58. The smallest absolute Gasteiger partial charge is 0.423 e. The van der Waals surface area contributed by atoms with E-state index in [-0.39, 0.29) is 0 Å². The van der Waals surface area contributed by atoms with Gasteiger partial charge in [0.1, 0.15) is 0 Å². The molecule has 0 aliphatic rings. The van der Waals surface area contributed by atoms with Crippen molar-refractivity contribution < 1.29 is 10.0 Å². The summed E-state index contributed by atoms with van der Waals surface area (Å²) in [5.74, 6) is 0. The van der Waals surface area contributed by atoms with E-state index in [1.165, 1.54) is 0 Å². The van der Waals surface area contributed by atoms with Gasteiger partial charge in [-0.15, -0.1) is 0 Å². The fourth-order valence-electron chi connectivity index (χ4n) is 1.29. The molecular weight excluding hydrogens is 235 g/mol. The van der Waals surface area contributed by atoms with E-state index in [4.69, 9.17) is 10.0 Å². The Morgan fingerprint density at radius 3 is 2.11 bits per heavy atom. The van der Waals surface area contributed by atoms with E-state index in [1.807, 2.05) is 39.8 Å². The largest absolute Gasteiger partial charge is 0.488 e. The molecule has 0 amide bonds. The van der Waals surface area contributed by atoms with Crippen molar-refractivity contribution in [3.05, 3.63) is 61.2 Å². The third-order valence-electron chi connectivity index (χ3n) is 2.04. The Balaban J connectivity index is 0. The molecular formula is C16H25BO2. The van der Waals surface area contributed by atoms with Crippen LogP contribution < -0.4 is 5.46 Å². The molecule has 2 N–H and O–H groups in total. The van der Waals surface area contributed by atoms with E-state index in [1.54, 1.807) is 30.4 Å². The summed E-state index contributed by atoms with van der Waals surface area (Å²) >= 11 is 0. The molecule has 0 spiro atoms. The summed E-state index contributed by atoms with van der Waals surface area (Å²) in [5, 5.41) is 18.0. The van der Waals surface area contributed by atoms with E-state index in [2.05, 4.69) is 13.2 Å². The fourth-order valence-corrected chi connectivity index (χ4v) is 1.29. The summed E-state index contributed by atoms with van der Waals surface area (Å²) in [6.07, 6.45) is 5.18. The second-order valence-corrected chi connectivity index (χ2v) is 3.06. The summed E-state index contributed by atoms with van der Waals surface area (Å²) in [4.78, 5) is 0. The molecule has 0 aliphatic carbocycles. The molecule has 1 aromatic rings. The van der Waals surface area contributed by atoms with Gasteiger partial charge in [-0.1, -0.05) is 83.3 Å². The zero-order valence-electron chi connectivity index (χ0n) is 12.4. The summed E-state index contributed by atoms with van der Waals surface area (Å²) in [6.45, 7) is 15.3. The van der Waals surface area contributed by atoms with Crippen LogP contribution in [-0.2, 0) is 0 Å². The first-order chi connectivity index (χ1) is 9.19. The molecule has 0 radical (unpaired) electrons. The molecule has 3 heteroatoms. The highest BCUT2D eigenvalue weighted by Gasteiger charge is 2.10. The zero-order valence-corrected chi connectivity index (χ0v) is 12.4. The number of benzene rings is 1. The van der Waals surface area contributed by atoms with Crippen LogP contribution in [0.4, 0.5) is 0 Å². The Hall–Kier alpha value is -1.58. The normalized spacial score (nSPS) is 9.26. The van der Waals surface area contributed by atoms with E-state index in [0.717, 1.165) is 11.1 Å². The van der Waals surface area contributed by atoms with Crippen molar-refractivity contribution in [3.8, 4) is 0 Å². The minimum Gasteiger partial charge on any atom is -0.423 e. The first-order valence-electron chi connectivity index (χ1n) is 6.60. The van der Waals surface area contributed by atoms with Gasteiger partial charge in [0.05, 0.1) is 0 Å². The third kappa shape index (κ3) is 7.45.